The molecule has 1 amide bonds. The number of hydrogen-bond acceptors (Lipinski definition) is 2. The lowest BCUT2D eigenvalue weighted by Gasteiger charge is -2.07. The lowest BCUT2D eigenvalue weighted by Crippen LogP contribution is -2.24. The molecule has 1 aromatic rings. The summed E-state index contributed by atoms with van der Waals surface area (Å²) < 4.78 is 0. The zero-order valence-corrected chi connectivity index (χ0v) is 9.48. The van der Waals surface area contributed by atoms with Gasteiger partial charge in [-0.15, -0.1) is 0 Å². The normalized spacial score (nSPS) is 18.8. The van der Waals surface area contributed by atoms with Crippen LogP contribution in [0.15, 0.2) is 46.9 Å². The van der Waals surface area contributed by atoms with E-state index in [4.69, 9.17) is 5.73 Å². The molecule has 1 aliphatic heterocycles. The standard InChI is InChI=1S/C12H12N2OS/c13-12(15)11-9-16(7-6-14-11)8-10-4-2-1-3-5-10/h1-7,9H,8H2,(H2,13,15). The number of carbonyl (C=O) groups is 1. The van der Waals surface area contributed by atoms with Crippen LogP contribution in [0, 0.1) is 0 Å². The molecular formula is C12H12N2OS. The van der Waals surface area contributed by atoms with Crippen LogP contribution in [-0.4, -0.2) is 17.0 Å². The van der Waals surface area contributed by atoms with Crippen LogP contribution in [0.2, 0.25) is 0 Å². The molecule has 0 saturated carbocycles. The van der Waals surface area contributed by atoms with Gasteiger partial charge in [0, 0.05) is 12.0 Å². The second-order valence-corrected chi connectivity index (χ2v) is 5.12. The maximum Gasteiger partial charge on any atom is 0.267 e. The van der Waals surface area contributed by atoms with E-state index in [-0.39, 0.29) is 10.5 Å². The Morgan fingerprint density at radius 3 is 2.75 bits per heavy atom. The Hall–Kier alpha value is -1.68. The van der Waals surface area contributed by atoms with E-state index in [1.165, 1.54) is 5.56 Å². The van der Waals surface area contributed by atoms with E-state index >= 15 is 0 Å². The predicted molar refractivity (Wildman–Crippen MR) is 69.6 cm³/mol. The molecule has 16 heavy (non-hydrogen) atoms. The summed E-state index contributed by atoms with van der Waals surface area (Å²) in [6.45, 7) is 0. The summed E-state index contributed by atoms with van der Waals surface area (Å²) in [4.78, 5) is 14.9. The number of carbonyl (C=O) groups excluding carboxylic acids is 1. The highest BCUT2D eigenvalue weighted by atomic mass is 32.2. The van der Waals surface area contributed by atoms with Gasteiger partial charge < -0.3 is 5.73 Å². The largest absolute Gasteiger partial charge is 0.364 e. The summed E-state index contributed by atoms with van der Waals surface area (Å²) in [7, 11) is -0.0835. The van der Waals surface area contributed by atoms with Crippen molar-refractivity contribution in [3.8, 4) is 0 Å². The molecule has 2 rings (SSSR count). The van der Waals surface area contributed by atoms with E-state index in [0.29, 0.717) is 5.71 Å². The van der Waals surface area contributed by atoms with Crippen LogP contribution in [-0.2, 0) is 10.5 Å². The highest BCUT2D eigenvalue weighted by molar-refractivity contribution is 8.17. The minimum absolute atomic E-state index is 0.0835. The third kappa shape index (κ3) is 2.67. The fraction of sp³-hybridized carbons (Fsp3) is 0.0833. The third-order valence-corrected chi connectivity index (χ3v) is 3.80. The van der Waals surface area contributed by atoms with Crippen LogP contribution in [0.4, 0.5) is 0 Å². The van der Waals surface area contributed by atoms with Gasteiger partial charge in [0.1, 0.15) is 5.71 Å². The summed E-state index contributed by atoms with van der Waals surface area (Å²) in [5.41, 5.74) is 6.80. The van der Waals surface area contributed by atoms with Crippen molar-refractivity contribution < 1.29 is 4.79 Å². The number of hydrogen-bond donors (Lipinski definition) is 1. The summed E-state index contributed by atoms with van der Waals surface area (Å²) >= 11 is 0. The first-order chi connectivity index (χ1) is 7.75. The minimum Gasteiger partial charge on any atom is -0.364 e. The molecule has 2 N–H and O–H groups in total. The molecule has 0 saturated heterocycles. The van der Waals surface area contributed by atoms with Crippen LogP contribution in [0.3, 0.4) is 0 Å². The second kappa shape index (κ2) is 4.90. The Morgan fingerprint density at radius 2 is 2.06 bits per heavy atom. The van der Waals surface area contributed by atoms with Crippen molar-refractivity contribution in [2.24, 2.45) is 10.7 Å². The zero-order chi connectivity index (χ0) is 11.4. The molecule has 0 spiro atoms. The lowest BCUT2D eigenvalue weighted by molar-refractivity contribution is -0.111. The van der Waals surface area contributed by atoms with Crippen LogP contribution in [0.5, 0.6) is 0 Å². The molecule has 0 aliphatic carbocycles. The van der Waals surface area contributed by atoms with Gasteiger partial charge in [-0.05, 0) is 16.3 Å². The Morgan fingerprint density at radius 1 is 1.31 bits per heavy atom. The number of rotatable bonds is 3. The SMILES string of the molecule is NC(=O)C1=NC=CS(Cc2ccccc2)=C1. The molecule has 1 heterocycles. The molecule has 4 heteroatoms. The molecule has 1 aromatic carbocycles. The van der Waals surface area contributed by atoms with E-state index in [9.17, 15) is 4.79 Å². The Labute approximate surface area is 96.6 Å². The van der Waals surface area contributed by atoms with E-state index in [1.54, 1.807) is 6.20 Å². The Bertz CT molecular complexity index is 489. The van der Waals surface area contributed by atoms with Gasteiger partial charge in [-0.1, -0.05) is 30.3 Å². The zero-order valence-electron chi connectivity index (χ0n) is 8.67. The number of nitrogens with zero attached hydrogens (tertiary/aromatic N) is 1. The average Bonchev–Trinajstić information content (AvgIpc) is 2.30. The maximum absolute atomic E-state index is 11.0. The minimum atomic E-state index is -0.463. The molecule has 1 unspecified atom stereocenters. The van der Waals surface area contributed by atoms with Gasteiger partial charge in [-0.25, -0.2) is 0 Å². The maximum atomic E-state index is 11.0. The Kier molecular flexibility index (Phi) is 3.31. The van der Waals surface area contributed by atoms with E-state index in [0.717, 1.165) is 5.75 Å². The molecule has 0 bridgehead atoms. The summed E-state index contributed by atoms with van der Waals surface area (Å²) in [6.07, 6.45) is 1.66. The molecule has 3 nitrogen and oxygen atoms in total. The molecule has 82 valence electrons. The lowest BCUT2D eigenvalue weighted by atomic mass is 10.2. The van der Waals surface area contributed by atoms with Crippen molar-refractivity contribution in [2.75, 3.05) is 0 Å². The van der Waals surface area contributed by atoms with E-state index < -0.39 is 5.91 Å². The van der Waals surface area contributed by atoms with Crippen molar-refractivity contribution in [1.82, 2.24) is 0 Å². The van der Waals surface area contributed by atoms with Gasteiger partial charge in [0.05, 0.1) is 0 Å². The molecular weight excluding hydrogens is 220 g/mol. The van der Waals surface area contributed by atoms with Crippen molar-refractivity contribution >= 4 is 27.5 Å². The van der Waals surface area contributed by atoms with Gasteiger partial charge in [-0.3, -0.25) is 9.79 Å². The van der Waals surface area contributed by atoms with Gasteiger partial charge in [0.25, 0.3) is 5.91 Å². The number of amides is 1. The topological polar surface area (TPSA) is 55.5 Å². The smallest absolute Gasteiger partial charge is 0.267 e. The third-order valence-electron chi connectivity index (χ3n) is 2.14. The number of aliphatic imine (C=N–C) groups is 1. The van der Waals surface area contributed by atoms with E-state index in [1.807, 2.05) is 29.0 Å². The predicted octanol–water partition coefficient (Wildman–Crippen LogP) is 1.67. The highest BCUT2D eigenvalue weighted by Gasteiger charge is 2.07. The quantitative estimate of drug-likeness (QED) is 0.792. The number of benzene rings is 1. The van der Waals surface area contributed by atoms with Gasteiger partial charge >= 0.3 is 0 Å². The fourth-order valence-electron chi connectivity index (χ4n) is 1.38. The average molecular weight is 232 g/mol. The van der Waals surface area contributed by atoms with Crippen molar-refractivity contribution in [3.63, 3.8) is 0 Å². The number of nitrogens with two attached hydrogens (primary N) is 1. The van der Waals surface area contributed by atoms with Crippen molar-refractivity contribution in [1.29, 1.82) is 0 Å². The van der Waals surface area contributed by atoms with Crippen LogP contribution in [0.25, 0.3) is 0 Å². The Balaban J connectivity index is 2.16. The van der Waals surface area contributed by atoms with Crippen LogP contribution < -0.4 is 5.73 Å². The monoisotopic (exact) mass is 232 g/mol. The molecule has 1 atom stereocenters. The molecule has 1 aliphatic rings. The fourth-order valence-corrected chi connectivity index (χ4v) is 2.90. The summed E-state index contributed by atoms with van der Waals surface area (Å²) in [5, 5.41) is 3.84. The first-order valence-corrected chi connectivity index (χ1v) is 6.39. The second-order valence-electron chi connectivity index (χ2n) is 3.38. The molecule has 0 fully saturated rings. The van der Waals surface area contributed by atoms with E-state index in [2.05, 4.69) is 17.1 Å². The molecule has 0 aromatic heterocycles. The van der Waals surface area contributed by atoms with Gasteiger partial charge in [-0.2, -0.15) is 10.5 Å². The van der Waals surface area contributed by atoms with Crippen LogP contribution >= 0.6 is 10.5 Å². The molecule has 0 radical (unpaired) electrons. The van der Waals surface area contributed by atoms with Gasteiger partial charge in [0.2, 0.25) is 0 Å². The summed E-state index contributed by atoms with van der Waals surface area (Å²) in [6, 6.07) is 10.2. The van der Waals surface area contributed by atoms with Crippen LogP contribution in [0.1, 0.15) is 5.56 Å². The highest BCUT2D eigenvalue weighted by Crippen LogP contribution is 2.22. The first-order valence-electron chi connectivity index (χ1n) is 4.87. The van der Waals surface area contributed by atoms with Crippen molar-refractivity contribution in [3.05, 3.63) is 47.5 Å². The van der Waals surface area contributed by atoms with Crippen molar-refractivity contribution in [2.45, 2.75) is 5.75 Å². The summed E-state index contributed by atoms with van der Waals surface area (Å²) in [5.74, 6) is 0.429. The van der Waals surface area contributed by atoms with Gasteiger partial charge in [0.15, 0.2) is 0 Å². The first kappa shape index (κ1) is 10.8. The number of primary amides is 1.